The van der Waals surface area contributed by atoms with Gasteiger partial charge in [-0.25, -0.2) is 13.1 Å². The molecule has 1 saturated heterocycles. The first-order chi connectivity index (χ1) is 12.3. The average Bonchev–Trinajstić information content (AvgIpc) is 3.00. The molecule has 1 heterocycles. The molecule has 0 bridgehead atoms. The summed E-state index contributed by atoms with van der Waals surface area (Å²) in [6, 6.07) is 12.1. The summed E-state index contributed by atoms with van der Waals surface area (Å²) >= 11 is 0. The van der Waals surface area contributed by atoms with Crippen molar-refractivity contribution in [2.45, 2.75) is 44.6 Å². The third-order valence-electron chi connectivity index (χ3n) is 4.76. The van der Waals surface area contributed by atoms with Crippen LogP contribution in [0.4, 0.5) is 5.69 Å². The van der Waals surface area contributed by atoms with E-state index in [2.05, 4.69) is 4.72 Å². The molecule has 0 saturated carbocycles. The van der Waals surface area contributed by atoms with Gasteiger partial charge < -0.3 is 4.90 Å². The van der Waals surface area contributed by atoms with E-state index in [1.54, 1.807) is 29.2 Å². The molecule has 1 N–H and O–H groups in total. The standard InChI is InChI=1S/C20H24N2O3S/c1-14-6-11-19(15(2)13-14)16(3)21-26(24,25)18-9-7-17(8-10-18)22-12-4-5-20(22)23/h6-11,13,16,21H,4-5,12H2,1-3H3/t16-/m1/s1. The number of benzene rings is 2. The molecule has 0 aliphatic carbocycles. The van der Waals surface area contributed by atoms with Crippen LogP contribution in [0.2, 0.25) is 0 Å². The molecule has 0 unspecified atom stereocenters. The van der Waals surface area contributed by atoms with Crippen molar-refractivity contribution < 1.29 is 13.2 Å². The van der Waals surface area contributed by atoms with Crippen LogP contribution >= 0.6 is 0 Å². The second kappa shape index (κ2) is 7.21. The highest BCUT2D eigenvalue weighted by Crippen LogP contribution is 2.25. The van der Waals surface area contributed by atoms with E-state index in [4.69, 9.17) is 0 Å². The zero-order valence-corrected chi connectivity index (χ0v) is 16.1. The van der Waals surface area contributed by atoms with Gasteiger partial charge in [-0.2, -0.15) is 0 Å². The van der Waals surface area contributed by atoms with Crippen LogP contribution in [0.25, 0.3) is 0 Å². The van der Waals surface area contributed by atoms with Crippen molar-refractivity contribution in [3.63, 3.8) is 0 Å². The number of hydrogen-bond donors (Lipinski definition) is 1. The summed E-state index contributed by atoms with van der Waals surface area (Å²) in [6.45, 7) is 6.52. The molecule has 1 atom stereocenters. The van der Waals surface area contributed by atoms with E-state index in [-0.39, 0.29) is 16.8 Å². The van der Waals surface area contributed by atoms with Crippen LogP contribution in [0, 0.1) is 13.8 Å². The van der Waals surface area contributed by atoms with Gasteiger partial charge >= 0.3 is 0 Å². The zero-order chi connectivity index (χ0) is 18.9. The van der Waals surface area contributed by atoms with E-state index in [0.717, 1.165) is 28.8 Å². The first kappa shape index (κ1) is 18.6. The largest absolute Gasteiger partial charge is 0.312 e. The Balaban J connectivity index is 1.78. The van der Waals surface area contributed by atoms with Gasteiger partial charge in [0.25, 0.3) is 0 Å². The molecule has 2 aromatic carbocycles. The monoisotopic (exact) mass is 372 g/mol. The smallest absolute Gasteiger partial charge is 0.241 e. The molecule has 2 aromatic rings. The lowest BCUT2D eigenvalue weighted by molar-refractivity contribution is -0.117. The van der Waals surface area contributed by atoms with Gasteiger partial charge in [0.05, 0.1) is 4.90 Å². The summed E-state index contributed by atoms with van der Waals surface area (Å²) in [5.41, 5.74) is 3.91. The van der Waals surface area contributed by atoms with Gasteiger partial charge in [0.1, 0.15) is 0 Å². The third-order valence-corrected chi connectivity index (χ3v) is 6.31. The summed E-state index contributed by atoms with van der Waals surface area (Å²) in [5.74, 6) is 0.0854. The first-order valence-electron chi connectivity index (χ1n) is 8.78. The number of aryl methyl sites for hydroxylation is 2. The van der Waals surface area contributed by atoms with Crippen molar-refractivity contribution >= 4 is 21.6 Å². The SMILES string of the molecule is Cc1ccc([C@@H](C)NS(=O)(=O)c2ccc(N3CCCC3=O)cc2)c(C)c1. The van der Waals surface area contributed by atoms with Crippen molar-refractivity contribution in [2.75, 3.05) is 11.4 Å². The molecule has 26 heavy (non-hydrogen) atoms. The summed E-state index contributed by atoms with van der Waals surface area (Å²) in [5, 5.41) is 0. The van der Waals surface area contributed by atoms with Crippen LogP contribution in [0.5, 0.6) is 0 Å². The number of sulfonamides is 1. The van der Waals surface area contributed by atoms with Crippen LogP contribution in [-0.4, -0.2) is 20.9 Å². The van der Waals surface area contributed by atoms with Crippen LogP contribution in [0.1, 0.15) is 42.5 Å². The predicted octanol–water partition coefficient (Wildman–Crippen LogP) is 3.47. The highest BCUT2D eigenvalue weighted by atomic mass is 32.2. The predicted molar refractivity (Wildman–Crippen MR) is 103 cm³/mol. The number of rotatable bonds is 5. The molecule has 3 rings (SSSR count). The Hall–Kier alpha value is -2.18. The van der Waals surface area contributed by atoms with Crippen molar-refractivity contribution in [3.8, 4) is 0 Å². The molecule has 6 heteroatoms. The van der Waals surface area contributed by atoms with Crippen molar-refractivity contribution in [3.05, 3.63) is 59.2 Å². The summed E-state index contributed by atoms with van der Waals surface area (Å²) in [6.07, 6.45) is 1.39. The normalized spacial score (nSPS) is 16.1. The van der Waals surface area contributed by atoms with E-state index >= 15 is 0 Å². The molecule has 1 fully saturated rings. The van der Waals surface area contributed by atoms with Crippen LogP contribution in [0.3, 0.4) is 0 Å². The minimum absolute atomic E-state index is 0.0854. The van der Waals surface area contributed by atoms with Gasteiger partial charge in [0.2, 0.25) is 15.9 Å². The number of carbonyl (C=O) groups excluding carboxylic acids is 1. The van der Waals surface area contributed by atoms with E-state index < -0.39 is 10.0 Å². The fraction of sp³-hybridized carbons (Fsp3) is 0.350. The molecular formula is C20H24N2O3S. The molecule has 138 valence electrons. The maximum Gasteiger partial charge on any atom is 0.241 e. The van der Waals surface area contributed by atoms with E-state index in [1.807, 2.05) is 39.0 Å². The lowest BCUT2D eigenvalue weighted by Gasteiger charge is -2.18. The molecule has 0 spiro atoms. The van der Waals surface area contributed by atoms with Crippen molar-refractivity contribution in [1.29, 1.82) is 0 Å². The Bertz CT molecular complexity index is 921. The molecule has 1 aliphatic rings. The van der Waals surface area contributed by atoms with E-state index in [0.29, 0.717) is 13.0 Å². The van der Waals surface area contributed by atoms with Gasteiger partial charge in [-0.3, -0.25) is 4.79 Å². The van der Waals surface area contributed by atoms with Gasteiger partial charge in [0, 0.05) is 24.7 Å². The number of anilines is 1. The molecule has 1 amide bonds. The highest BCUT2D eigenvalue weighted by Gasteiger charge is 2.23. The minimum atomic E-state index is -3.64. The molecule has 1 aliphatic heterocycles. The maximum atomic E-state index is 12.7. The van der Waals surface area contributed by atoms with Gasteiger partial charge in [-0.1, -0.05) is 23.8 Å². The van der Waals surface area contributed by atoms with Gasteiger partial charge in [-0.15, -0.1) is 0 Å². The Labute approximate surface area is 155 Å². The highest BCUT2D eigenvalue weighted by molar-refractivity contribution is 7.89. The van der Waals surface area contributed by atoms with Gasteiger partial charge in [-0.05, 0) is 62.6 Å². The Morgan fingerprint density at radius 3 is 2.35 bits per heavy atom. The number of nitrogens with zero attached hydrogens (tertiary/aromatic N) is 1. The van der Waals surface area contributed by atoms with Crippen molar-refractivity contribution in [2.24, 2.45) is 0 Å². The lowest BCUT2D eigenvalue weighted by Crippen LogP contribution is -2.27. The average molecular weight is 372 g/mol. The fourth-order valence-corrected chi connectivity index (χ4v) is 4.62. The number of carbonyl (C=O) groups is 1. The summed E-state index contributed by atoms with van der Waals surface area (Å²) < 4.78 is 28.1. The number of amides is 1. The Morgan fingerprint density at radius 1 is 1.08 bits per heavy atom. The quantitative estimate of drug-likeness (QED) is 0.874. The minimum Gasteiger partial charge on any atom is -0.312 e. The van der Waals surface area contributed by atoms with E-state index in [9.17, 15) is 13.2 Å². The third kappa shape index (κ3) is 3.81. The van der Waals surface area contributed by atoms with Crippen LogP contribution in [-0.2, 0) is 14.8 Å². The fourth-order valence-electron chi connectivity index (χ4n) is 3.40. The zero-order valence-electron chi connectivity index (χ0n) is 15.3. The number of nitrogens with one attached hydrogen (secondary N) is 1. The van der Waals surface area contributed by atoms with Crippen LogP contribution in [0.15, 0.2) is 47.4 Å². The Kier molecular flexibility index (Phi) is 5.16. The van der Waals surface area contributed by atoms with Gasteiger partial charge in [0.15, 0.2) is 0 Å². The molecule has 0 radical (unpaired) electrons. The molecular weight excluding hydrogens is 348 g/mol. The topological polar surface area (TPSA) is 66.5 Å². The molecule has 5 nitrogen and oxygen atoms in total. The van der Waals surface area contributed by atoms with Crippen molar-refractivity contribution in [1.82, 2.24) is 4.72 Å². The second-order valence-electron chi connectivity index (χ2n) is 6.85. The molecule has 0 aromatic heterocycles. The second-order valence-corrected chi connectivity index (χ2v) is 8.56. The number of hydrogen-bond acceptors (Lipinski definition) is 3. The first-order valence-corrected chi connectivity index (χ1v) is 10.3. The summed E-state index contributed by atoms with van der Waals surface area (Å²) in [7, 11) is -3.64. The lowest BCUT2D eigenvalue weighted by atomic mass is 10.0. The van der Waals surface area contributed by atoms with Crippen LogP contribution < -0.4 is 9.62 Å². The summed E-state index contributed by atoms with van der Waals surface area (Å²) in [4.78, 5) is 13.7. The van der Waals surface area contributed by atoms with E-state index in [1.165, 1.54) is 0 Å². The Morgan fingerprint density at radius 2 is 1.77 bits per heavy atom. The maximum absolute atomic E-state index is 12.7.